The summed E-state index contributed by atoms with van der Waals surface area (Å²) in [6.45, 7) is 0.0395. The van der Waals surface area contributed by atoms with Crippen molar-refractivity contribution in [3.63, 3.8) is 0 Å². The second-order valence-corrected chi connectivity index (χ2v) is 1.56. The highest BCUT2D eigenvalue weighted by atomic mass is 16.5. The Bertz CT molecular complexity index is 95.8. The van der Waals surface area contributed by atoms with Gasteiger partial charge in [0.2, 0.25) is 0 Å². The van der Waals surface area contributed by atoms with Crippen molar-refractivity contribution in [1.82, 2.24) is 5.06 Å². The monoisotopic (exact) mass is 132 g/mol. The minimum absolute atomic E-state index is 0.0496. The Morgan fingerprint density at radius 2 is 2.33 bits per heavy atom. The predicted molar refractivity (Wildman–Crippen MR) is 33.7 cm³/mol. The lowest BCUT2D eigenvalue weighted by Gasteiger charge is -2.27. The number of aliphatic hydroxyl groups is 1. The number of nitrogens with two attached hydrogens (primary N) is 1. The summed E-state index contributed by atoms with van der Waals surface area (Å²) in [7, 11) is 0. The fourth-order valence-electron chi connectivity index (χ4n) is 0.335. The van der Waals surface area contributed by atoms with Crippen LogP contribution in [-0.4, -0.2) is 29.3 Å². The maximum absolute atomic E-state index is 10.4. The molecule has 54 valence electrons. The van der Waals surface area contributed by atoms with Gasteiger partial charge in [0.05, 0.1) is 0 Å². The molecular formula is C4H10N3O2-. The van der Waals surface area contributed by atoms with Crippen LogP contribution in [0.25, 0.3) is 0 Å². The summed E-state index contributed by atoms with van der Waals surface area (Å²) in [6, 6.07) is 0. The van der Waals surface area contributed by atoms with Gasteiger partial charge in [0, 0.05) is 13.2 Å². The van der Waals surface area contributed by atoms with E-state index in [0.717, 1.165) is 0 Å². The molecule has 0 radical (unpaired) electrons. The molecule has 0 spiro atoms. The zero-order valence-electron chi connectivity index (χ0n) is 5.00. The van der Waals surface area contributed by atoms with Crippen molar-refractivity contribution in [3.8, 4) is 0 Å². The summed E-state index contributed by atoms with van der Waals surface area (Å²) in [5.41, 5.74) is 4.79. The Labute approximate surface area is 53.2 Å². The summed E-state index contributed by atoms with van der Waals surface area (Å²) in [4.78, 5) is 0. The first-order valence-electron chi connectivity index (χ1n) is 2.58. The molecule has 5 nitrogen and oxygen atoms in total. The van der Waals surface area contributed by atoms with Gasteiger partial charge in [-0.1, -0.05) is 0 Å². The lowest BCUT2D eigenvalue weighted by molar-refractivity contribution is 0.277. The Hall–Kier alpha value is -0.810. The summed E-state index contributed by atoms with van der Waals surface area (Å²) >= 11 is 0. The Morgan fingerprint density at radius 3 is 2.67 bits per heavy atom. The minimum Gasteiger partial charge on any atom is -0.756 e. The molecule has 0 saturated heterocycles. The van der Waals surface area contributed by atoms with Crippen molar-refractivity contribution in [1.29, 1.82) is 5.41 Å². The van der Waals surface area contributed by atoms with E-state index in [1.54, 1.807) is 0 Å². The molecule has 0 amide bonds. The molecule has 0 aliphatic rings. The van der Waals surface area contributed by atoms with E-state index in [9.17, 15) is 5.21 Å². The fourth-order valence-corrected chi connectivity index (χ4v) is 0.335. The number of hydrogen-bond acceptors (Lipinski definition) is 3. The van der Waals surface area contributed by atoms with Gasteiger partial charge in [-0.25, -0.2) is 0 Å². The summed E-state index contributed by atoms with van der Waals surface area (Å²) in [5.74, 6) is -0.511. The molecule has 0 aliphatic carbocycles. The van der Waals surface area contributed by atoms with Gasteiger partial charge in [0.15, 0.2) is 5.96 Å². The van der Waals surface area contributed by atoms with E-state index in [2.05, 4.69) is 0 Å². The van der Waals surface area contributed by atoms with E-state index in [1.165, 1.54) is 0 Å². The molecule has 9 heavy (non-hydrogen) atoms. The number of guanidine groups is 1. The van der Waals surface area contributed by atoms with E-state index in [0.29, 0.717) is 11.5 Å². The minimum atomic E-state index is -0.511. The highest BCUT2D eigenvalue weighted by Crippen LogP contribution is 1.84. The molecule has 0 rings (SSSR count). The van der Waals surface area contributed by atoms with Gasteiger partial charge < -0.3 is 21.1 Å². The average molecular weight is 132 g/mol. The molecule has 0 aliphatic heterocycles. The second kappa shape index (κ2) is 4.11. The lowest BCUT2D eigenvalue weighted by Crippen LogP contribution is -2.32. The van der Waals surface area contributed by atoms with Gasteiger partial charge in [-0.3, -0.25) is 5.41 Å². The zero-order valence-corrected chi connectivity index (χ0v) is 5.00. The normalized spacial score (nSPS) is 9.11. The highest BCUT2D eigenvalue weighted by molar-refractivity contribution is 5.74. The zero-order chi connectivity index (χ0) is 7.28. The first kappa shape index (κ1) is 8.19. The largest absolute Gasteiger partial charge is 0.756 e. The first-order valence-corrected chi connectivity index (χ1v) is 2.58. The number of hydroxylamine groups is 2. The summed E-state index contributed by atoms with van der Waals surface area (Å²) < 4.78 is 0. The van der Waals surface area contributed by atoms with E-state index >= 15 is 0 Å². The molecule has 0 heterocycles. The first-order chi connectivity index (χ1) is 4.18. The van der Waals surface area contributed by atoms with E-state index in [-0.39, 0.29) is 13.2 Å². The third-order valence-corrected chi connectivity index (χ3v) is 0.788. The SMILES string of the molecule is N=C(N)N([O-])CCCO. The van der Waals surface area contributed by atoms with E-state index in [4.69, 9.17) is 16.2 Å². The smallest absolute Gasteiger partial charge is 0.177 e. The molecule has 0 aromatic carbocycles. The van der Waals surface area contributed by atoms with Crippen molar-refractivity contribution in [2.75, 3.05) is 13.2 Å². The van der Waals surface area contributed by atoms with Crippen molar-refractivity contribution in [2.24, 2.45) is 5.73 Å². The second-order valence-electron chi connectivity index (χ2n) is 1.56. The van der Waals surface area contributed by atoms with Gasteiger partial charge in [0.1, 0.15) is 0 Å². The van der Waals surface area contributed by atoms with Crippen LogP contribution in [-0.2, 0) is 0 Å². The number of hydrogen-bond donors (Lipinski definition) is 3. The molecule has 0 bridgehead atoms. The van der Waals surface area contributed by atoms with Crippen LogP contribution in [0.2, 0.25) is 0 Å². The molecule has 0 aromatic heterocycles. The topological polar surface area (TPSA) is 96.4 Å². The van der Waals surface area contributed by atoms with Crippen LogP contribution in [0.4, 0.5) is 0 Å². The Kier molecular flexibility index (Phi) is 3.74. The van der Waals surface area contributed by atoms with Crippen molar-refractivity contribution in [2.45, 2.75) is 6.42 Å². The molecule has 0 aromatic rings. The highest BCUT2D eigenvalue weighted by Gasteiger charge is 1.89. The van der Waals surface area contributed by atoms with Crippen LogP contribution in [0.3, 0.4) is 0 Å². The number of aliphatic hydroxyl groups excluding tert-OH is 1. The van der Waals surface area contributed by atoms with E-state index < -0.39 is 5.96 Å². The van der Waals surface area contributed by atoms with Crippen LogP contribution in [0.5, 0.6) is 0 Å². The van der Waals surface area contributed by atoms with Gasteiger partial charge in [-0.05, 0) is 6.42 Å². The molecular weight excluding hydrogens is 122 g/mol. The third kappa shape index (κ3) is 3.75. The molecule has 0 unspecified atom stereocenters. The van der Waals surface area contributed by atoms with Gasteiger partial charge >= 0.3 is 0 Å². The number of rotatable bonds is 3. The molecule has 0 atom stereocenters. The molecule has 0 fully saturated rings. The Morgan fingerprint density at radius 1 is 1.78 bits per heavy atom. The number of nitrogens with zero attached hydrogens (tertiary/aromatic N) is 1. The fraction of sp³-hybridized carbons (Fsp3) is 0.750. The van der Waals surface area contributed by atoms with Crippen LogP contribution >= 0.6 is 0 Å². The van der Waals surface area contributed by atoms with Gasteiger partial charge in [-0.2, -0.15) is 0 Å². The Balaban J connectivity index is 3.27. The maximum atomic E-state index is 10.4. The van der Waals surface area contributed by atoms with E-state index in [1.807, 2.05) is 0 Å². The third-order valence-electron chi connectivity index (χ3n) is 0.788. The lowest BCUT2D eigenvalue weighted by atomic mass is 10.4. The summed E-state index contributed by atoms with van der Waals surface area (Å²) in [6.07, 6.45) is 0.350. The number of nitrogens with one attached hydrogen (secondary N) is 1. The van der Waals surface area contributed by atoms with Crippen molar-refractivity contribution in [3.05, 3.63) is 5.21 Å². The van der Waals surface area contributed by atoms with Crippen LogP contribution < -0.4 is 5.73 Å². The summed E-state index contributed by atoms with van der Waals surface area (Å²) in [5, 5.41) is 25.5. The maximum Gasteiger partial charge on any atom is 0.177 e. The predicted octanol–water partition coefficient (Wildman–Crippen LogP) is -0.938. The van der Waals surface area contributed by atoms with Gasteiger partial charge in [-0.15, -0.1) is 0 Å². The molecule has 0 saturated carbocycles. The van der Waals surface area contributed by atoms with Gasteiger partial charge in [0.25, 0.3) is 0 Å². The average Bonchev–Trinajstić information content (AvgIpc) is 1.82. The van der Waals surface area contributed by atoms with Crippen molar-refractivity contribution < 1.29 is 5.11 Å². The quantitative estimate of drug-likeness (QED) is 0.262. The molecule has 5 heteroatoms. The van der Waals surface area contributed by atoms with Crippen molar-refractivity contribution >= 4 is 5.96 Å². The van der Waals surface area contributed by atoms with Crippen LogP contribution in [0.15, 0.2) is 0 Å². The van der Waals surface area contributed by atoms with Crippen LogP contribution in [0.1, 0.15) is 6.42 Å². The molecule has 4 N–H and O–H groups in total. The standard InChI is InChI=1S/C4H10N3O2/c5-4(6)7(9)2-1-3-8/h8H,1-3H2,(H3,5,6)/q-1. The van der Waals surface area contributed by atoms with Crippen LogP contribution in [0, 0.1) is 10.6 Å².